The Labute approximate surface area is 101 Å². The molecule has 1 fully saturated rings. The Bertz CT molecular complexity index is 402. The van der Waals surface area contributed by atoms with Gasteiger partial charge >= 0.3 is 6.03 Å². The van der Waals surface area contributed by atoms with E-state index >= 15 is 0 Å². The standard InChI is InChI=1S/C10H9IN2O2/c11-8-3-1-7(2-4-8)5-13-6-9(14)12-10(13)15/h1-4H,5-6H2,(H,12,14,15). The minimum atomic E-state index is -0.307. The van der Waals surface area contributed by atoms with Crippen molar-refractivity contribution in [2.75, 3.05) is 6.54 Å². The molecular weight excluding hydrogens is 307 g/mol. The largest absolute Gasteiger partial charge is 0.324 e. The second-order valence-electron chi connectivity index (χ2n) is 3.34. The third kappa shape index (κ3) is 2.47. The fraction of sp³-hybridized carbons (Fsp3) is 0.200. The van der Waals surface area contributed by atoms with E-state index in [-0.39, 0.29) is 18.5 Å². The Balaban J connectivity index is 2.06. The number of imide groups is 1. The number of hydrogen-bond acceptors (Lipinski definition) is 2. The predicted molar refractivity (Wildman–Crippen MR) is 63.1 cm³/mol. The zero-order valence-electron chi connectivity index (χ0n) is 7.87. The maximum atomic E-state index is 11.2. The predicted octanol–water partition coefficient (Wildman–Crippen LogP) is 1.34. The molecule has 0 bridgehead atoms. The van der Waals surface area contributed by atoms with E-state index in [0.29, 0.717) is 6.54 Å². The lowest BCUT2D eigenvalue weighted by Crippen LogP contribution is -2.27. The molecule has 1 aliphatic heterocycles. The molecule has 1 N–H and O–H groups in total. The monoisotopic (exact) mass is 316 g/mol. The summed E-state index contributed by atoms with van der Waals surface area (Å²) in [6, 6.07) is 7.56. The highest BCUT2D eigenvalue weighted by molar-refractivity contribution is 14.1. The van der Waals surface area contributed by atoms with Crippen LogP contribution in [-0.4, -0.2) is 23.4 Å². The van der Waals surface area contributed by atoms with Crippen LogP contribution < -0.4 is 5.32 Å². The molecule has 0 aliphatic carbocycles. The fourth-order valence-corrected chi connectivity index (χ4v) is 1.78. The van der Waals surface area contributed by atoms with Crippen LogP contribution in [0.3, 0.4) is 0 Å². The second kappa shape index (κ2) is 4.18. The quantitative estimate of drug-likeness (QED) is 0.661. The number of nitrogens with one attached hydrogen (secondary N) is 1. The van der Waals surface area contributed by atoms with Crippen molar-refractivity contribution in [3.8, 4) is 0 Å². The number of halogens is 1. The van der Waals surface area contributed by atoms with Crippen molar-refractivity contribution in [3.63, 3.8) is 0 Å². The van der Waals surface area contributed by atoms with Crippen molar-refractivity contribution in [3.05, 3.63) is 33.4 Å². The van der Waals surface area contributed by atoms with Gasteiger partial charge in [-0.05, 0) is 40.3 Å². The summed E-state index contributed by atoms with van der Waals surface area (Å²) < 4.78 is 1.15. The van der Waals surface area contributed by atoms with Crippen LogP contribution in [0.5, 0.6) is 0 Å². The van der Waals surface area contributed by atoms with Crippen LogP contribution in [0.25, 0.3) is 0 Å². The SMILES string of the molecule is O=C1CN(Cc2ccc(I)cc2)C(=O)N1. The number of amides is 3. The Hall–Kier alpha value is -1.11. The van der Waals surface area contributed by atoms with Crippen LogP contribution in [0.2, 0.25) is 0 Å². The Morgan fingerprint density at radius 1 is 1.27 bits per heavy atom. The second-order valence-corrected chi connectivity index (χ2v) is 4.58. The summed E-state index contributed by atoms with van der Waals surface area (Å²) in [6.45, 7) is 0.638. The van der Waals surface area contributed by atoms with E-state index < -0.39 is 0 Å². The van der Waals surface area contributed by atoms with Gasteiger partial charge in [-0.1, -0.05) is 12.1 Å². The number of carbonyl (C=O) groups is 2. The summed E-state index contributed by atoms with van der Waals surface area (Å²) in [7, 11) is 0. The van der Waals surface area contributed by atoms with Gasteiger partial charge in [-0.2, -0.15) is 0 Å². The highest BCUT2D eigenvalue weighted by Gasteiger charge is 2.26. The van der Waals surface area contributed by atoms with Gasteiger partial charge in [0.2, 0.25) is 5.91 Å². The Morgan fingerprint density at radius 3 is 2.47 bits per heavy atom. The highest BCUT2D eigenvalue weighted by Crippen LogP contribution is 2.10. The summed E-state index contributed by atoms with van der Waals surface area (Å²) in [5, 5.41) is 2.25. The molecule has 2 rings (SSSR count). The molecule has 0 aromatic heterocycles. The Morgan fingerprint density at radius 2 is 1.93 bits per heavy atom. The van der Waals surface area contributed by atoms with Gasteiger partial charge in [0.15, 0.2) is 0 Å². The van der Waals surface area contributed by atoms with E-state index in [2.05, 4.69) is 27.9 Å². The topological polar surface area (TPSA) is 49.4 Å². The van der Waals surface area contributed by atoms with Gasteiger partial charge in [-0.15, -0.1) is 0 Å². The maximum absolute atomic E-state index is 11.2. The minimum absolute atomic E-state index is 0.158. The van der Waals surface area contributed by atoms with Crippen molar-refractivity contribution in [2.45, 2.75) is 6.54 Å². The highest BCUT2D eigenvalue weighted by atomic mass is 127. The first-order chi connectivity index (χ1) is 7.15. The molecule has 15 heavy (non-hydrogen) atoms. The van der Waals surface area contributed by atoms with E-state index in [9.17, 15) is 9.59 Å². The van der Waals surface area contributed by atoms with Crippen LogP contribution >= 0.6 is 22.6 Å². The molecule has 4 nitrogen and oxygen atoms in total. The van der Waals surface area contributed by atoms with E-state index in [1.807, 2.05) is 24.3 Å². The van der Waals surface area contributed by atoms with Crippen LogP contribution in [0, 0.1) is 3.57 Å². The molecule has 1 aliphatic rings. The van der Waals surface area contributed by atoms with Crippen molar-refractivity contribution >= 4 is 34.5 Å². The van der Waals surface area contributed by atoms with Crippen molar-refractivity contribution in [1.29, 1.82) is 0 Å². The summed E-state index contributed by atoms with van der Waals surface area (Å²) in [6.07, 6.45) is 0. The lowest BCUT2D eigenvalue weighted by molar-refractivity contribution is -0.118. The average molecular weight is 316 g/mol. The first-order valence-corrected chi connectivity index (χ1v) is 5.56. The molecular formula is C10H9IN2O2. The minimum Gasteiger partial charge on any atom is -0.311 e. The Kier molecular flexibility index (Phi) is 2.90. The first-order valence-electron chi connectivity index (χ1n) is 4.48. The maximum Gasteiger partial charge on any atom is 0.324 e. The van der Waals surface area contributed by atoms with Crippen molar-refractivity contribution in [1.82, 2.24) is 10.2 Å². The smallest absolute Gasteiger partial charge is 0.311 e. The summed E-state index contributed by atoms with van der Waals surface area (Å²) in [5.41, 5.74) is 1.03. The number of urea groups is 1. The molecule has 0 radical (unpaired) electrons. The van der Waals surface area contributed by atoms with E-state index in [1.54, 1.807) is 0 Å². The fourth-order valence-electron chi connectivity index (χ4n) is 1.42. The van der Waals surface area contributed by atoms with Crippen LogP contribution in [0.1, 0.15) is 5.56 Å². The van der Waals surface area contributed by atoms with E-state index in [1.165, 1.54) is 4.90 Å². The van der Waals surface area contributed by atoms with Gasteiger partial charge in [0.05, 0.1) is 0 Å². The molecule has 1 saturated heterocycles. The molecule has 0 spiro atoms. The van der Waals surface area contributed by atoms with Gasteiger partial charge in [-0.25, -0.2) is 4.79 Å². The number of rotatable bonds is 2. The summed E-state index contributed by atoms with van der Waals surface area (Å²) >= 11 is 2.22. The average Bonchev–Trinajstić information content (AvgIpc) is 2.49. The summed E-state index contributed by atoms with van der Waals surface area (Å²) in [4.78, 5) is 23.7. The van der Waals surface area contributed by atoms with Crippen molar-refractivity contribution < 1.29 is 9.59 Å². The third-order valence-electron chi connectivity index (χ3n) is 2.15. The zero-order valence-corrected chi connectivity index (χ0v) is 10.0. The molecule has 1 heterocycles. The molecule has 1 aromatic carbocycles. The lowest BCUT2D eigenvalue weighted by atomic mass is 10.2. The number of nitrogens with zero attached hydrogens (tertiary/aromatic N) is 1. The molecule has 0 saturated carbocycles. The van der Waals surface area contributed by atoms with Gasteiger partial charge in [0.1, 0.15) is 6.54 Å². The van der Waals surface area contributed by atoms with E-state index in [4.69, 9.17) is 0 Å². The molecule has 5 heteroatoms. The van der Waals surface area contributed by atoms with Crippen LogP contribution in [0.4, 0.5) is 4.79 Å². The molecule has 1 aromatic rings. The van der Waals surface area contributed by atoms with Crippen LogP contribution in [0.15, 0.2) is 24.3 Å². The lowest BCUT2D eigenvalue weighted by Gasteiger charge is -2.12. The van der Waals surface area contributed by atoms with Gasteiger partial charge < -0.3 is 4.90 Å². The van der Waals surface area contributed by atoms with E-state index in [0.717, 1.165) is 9.13 Å². The number of carbonyl (C=O) groups excluding carboxylic acids is 2. The molecule has 0 atom stereocenters. The zero-order chi connectivity index (χ0) is 10.8. The van der Waals surface area contributed by atoms with Crippen LogP contribution in [-0.2, 0) is 11.3 Å². The normalized spacial score (nSPS) is 15.7. The molecule has 3 amide bonds. The van der Waals surface area contributed by atoms with Crippen molar-refractivity contribution in [2.24, 2.45) is 0 Å². The van der Waals surface area contributed by atoms with Gasteiger partial charge in [-0.3, -0.25) is 10.1 Å². The summed E-state index contributed by atoms with van der Waals surface area (Å²) in [5.74, 6) is -0.231. The van der Waals surface area contributed by atoms with Gasteiger partial charge in [0.25, 0.3) is 0 Å². The number of hydrogen-bond donors (Lipinski definition) is 1. The van der Waals surface area contributed by atoms with Gasteiger partial charge in [0, 0.05) is 10.1 Å². The number of benzene rings is 1. The first kappa shape index (κ1) is 10.4. The molecule has 78 valence electrons. The molecule has 0 unspecified atom stereocenters. The third-order valence-corrected chi connectivity index (χ3v) is 2.87.